The Kier molecular flexibility index (Phi) is 2.95. The molecule has 2 rings (SSSR count). The molecule has 0 amide bonds. The molecule has 3 nitrogen and oxygen atoms in total. The van der Waals surface area contributed by atoms with Crippen molar-refractivity contribution in [3.05, 3.63) is 20.7 Å². The van der Waals surface area contributed by atoms with Gasteiger partial charge in [0.2, 0.25) is 0 Å². The zero-order valence-electron chi connectivity index (χ0n) is 7.76. The molecule has 0 saturated carbocycles. The number of nitrogens with zero attached hydrogens (tertiary/aromatic N) is 2. The maximum Gasteiger partial charge on any atom is 0.161 e. The van der Waals surface area contributed by atoms with E-state index >= 15 is 0 Å². The largest absolute Gasteiger partial charge is 0.367 e. The van der Waals surface area contributed by atoms with Crippen molar-refractivity contribution in [1.29, 1.82) is 0 Å². The van der Waals surface area contributed by atoms with E-state index in [4.69, 9.17) is 16.3 Å². The normalized spacial score (nSPS) is 26.8. The SMILES string of the molecule is CC1(c2ncc(I)c(Cl)n2)CCCO1. The van der Waals surface area contributed by atoms with E-state index in [-0.39, 0.29) is 5.60 Å². The van der Waals surface area contributed by atoms with E-state index in [0.29, 0.717) is 11.0 Å². The van der Waals surface area contributed by atoms with Crippen molar-refractivity contribution in [3.8, 4) is 0 Å². The molecule has 0 bridgehead atoms. The van der Waals surface area contributed by atoms with Crippen molar-refractivity contribution in [2.24, 2.45) is 0 Å². The highest BCUT2D eigenvalue weighted by atomic mass is 127. The Balaban J connectivity index is 2.36. The lowest BCUT2D eigenvalue weighted by Gasteiger charge is -2.21. The summed E-state index contributed by atoms with van der Waals surface area (Å²) in [5.41, 5.74) is -0.339. The third kappa shape index (κ3) is 1.87. The van der Waals surface area contributed by atoms with Gasteiger partial charge in [-0.1, -0.05) is 11.6 Å². The van der Waals surface area contributed by atoms with Gasteiger partial charge in [0.25, 0.3) is 0 Å². The summed E-state index contributed by atoms with van der Waals surface area (Å²) in [4.78, 5) is 8.51. The number of hydrogen-bond acceptors (Lipinski definition) is 3. The van der Waals surface area contributed by atoms with Crippen LogP contribution in [0.25, 0.3) is 0 Å². The molecule has 2 heterocycles. The minimum Gasteiger partial charge on any atom is -0.367 e. The summed E-state index contributed by atoms with van der Waals surface area (Å²) in [7, 11) is 0. The molecule has 0 aliphatic carbocycles. The first kappa shape index (κ1) is 10.6. The second-order valence-corrected chi connectivity index (χ2v) is 5.04. The van der Waals surface area contributed by atoms with Crippen molar-refractivity contribution < 1.29 is 4.74 Å². The summed E-state index contributed by atoms with van der Waals surface area (Å²) >= 11 is 8.05. The van der Waals surface area contributed by atoms with Crippen LogP contribution in [0.1, 0.15) is 25.6 Å². The predicted octanol–water partition coefficient (Wildman–Crippen LogP) is 2.76. The Morgan fingerprint density at radius 1 is 1.64 bits per heavy atom. The summed E-state index contributed by atoms with van der Waals surface area (Å²) in [5, 5.41) is 0.507. The fourth-order valence-electron chi connectivity index (χ4n) is 1.56. The van der Waals surface area contributed by atoms with Crippen LogP contribution in [-0.4, -0.2) is 16.6 Å². The predicted molar refractivity (Wildman–Crippen MR) is 62.3 cm³/mol. The molecule has 1 saturated heterocycles. The van der Waals surface area contributed by atoms with Gasteiger partial charge in [-0.15, -0.1) is 0 Å². The first-order chi connectivity index (χ1) is 6.62. The Labute approximate surface area is 101 Å². The van der Waals surface area contributed by atoms with E-state index < -0.39 is 0 Å². The molecule has 1 fully saturated rings. The van der Waals surface area contributed by atoms with Gasteiger partial charge in [-0.25, -0.2) is 9.97 Å². The third-order valence-corrected chi connectivity index (χ3v) is 3.79. The summed E-state index contributed by atoms with van der Waals surface area (Å²) in [6.45, 7) is 2.79. The van der Waals surface area contributed by atoms with Gasteiger partial charge < -0.3 is 4.74 Å². The van der Waals surface area contributed by atoms with Crippen LogP contribution in [0.2, 0.25) is 5.15 Å². The van der Waals surface area contributed by atoms with Gasteiger partial charge in [0, 0.05) is 12.8 Å². The smallest absolute Gasteiger partial charge is 0.161 e. The molecular weight excluding hydrogens is 314 g/mol. The van der Waals surface area contributed by atoms with Crippen LogP contribution in [0, 0.1) is 3.57 Å². The summed E-state index contributed by atoms with van der Waals surface area (Å²) in [5.74, 6) is 0.695. The second kappa shape index (κ2) is 3.90. The minimum absolute atomic E-state index is 0.339. The lowest BCUT2D eigenvalue weighted by molar-refractivity contribution is 0.00929. The van der Waals surface area contributed by atoms with Gasteiger partial charge in [0.1, 0.15) is 10.8 Å². The topological polar surface area (TPSA) is 35.0 Å². The third-order valence-electron chi connectivity index (χ3n) is 2.39. The average Bonchev–Trinajstić information content (AvgIpc) is 2.58. The van der Waals surface area contributed by atoms with E-state index in [1.165, 1.54) is 0 Å². The lowest BCUT2D eigenvalue weighted by Crippen LogP contribution is -2.23. The molecular formula is C9H10ClIN2O. The molecule has 1 atom stereocenters. The fraction of sp³-hybridized carbons (Fsp3) is 0.556. The van der Waals surface area contributed by atoms with Crippen LogP contribution in [0.15, 0.2) is 6.20 Å². The maximum absolute atomic E-state index is 5.94. The Hall–Kier alpha value is 0.0600. The van der Waals surface area contributed by atoms with Crippen LogP contribution in [-0.2, 0) is 10.3 Å². The van der Waals surface area contributed by atoms with E-state index in [1.54, 1.807) is 6.20 Å². The van der Waals surface area contributed by atoms with Crippen LogP contribution in [0.3, 0.4) is 0 Å². The van der Waals surface area contributed by atoms with Crippen molar-refractivity contribution >= 4 is 34.2 Å². The molecule has 76 valence electrons. The molecule has 14 heavy (non-hydrogen) atoms. The number of halogens is 2. The summed E-state index contributed by atoms with van der Waals surface area (Å²) < 4.78 is 6.51. The van der Waals surface area contributed by atoms with Gasteiger partial charge in [0.15, 0.2) is 5.82 Å². The standard InChI is InChI=1S/C9H10ClIN2O/c1-9(3-2-4-14-9)8-12-5-6(11)7(10)13-8/h5H,2-4H2,1H3. The maximum atomic E-state index is 5.94. The second-order valence-electron chi connectivity index (χ2n) is 3.52. The first-order valence-electron chi connectivity index (χ1n) is 4.44. The monoisotopic (exact) mass is 324 g/mol. The number of rotatable bonds is 1. The Morgan fingerprint density at radius 3 is 3.00 bits per heavy atom. The summed E-state index contributed by atoms with van der Waals surface area (Å²) in [6, 6.07) is 0. The molecule has 1 aliphatic heterocycles. The molecule has 0 radical (unpaired) electrons. The van der Waals surface area contributed by atoms with Gasteiger partial charge in [-0.05, 0) is 42.4 Å². The minimum atomic E-state index is -0.339. The number of ether oxygens (including phenoxy) is 1. The Bertz CT molecular complexity index is 353. The molecule has 1 aromatic heterocycles. The molecule has 0 spiro atoms. The first-order valence-corrected chi connectivity index (χ1v) is 5.90. The molecule has 0 aromatic carbocycles. The van der Waals surface area contributed by atoms with Crippen molar-refractivity contribution in [2.75, 3.05) is 6.61 Å². The quantitative estimate of drug-likeness (QED) is 0.588. The van der Waals surface area contributed by atoms with Crippen molar-refractivity contribution in [1.82, 2.24) is 9.97 Å². The van der Waals surface area contributed by atoms with Gasteiger partial charge >= 0.3 is 0 Å². The highest BCUT2D eigenvalue weighted by molar-refractivity contribution is 14.1. The van der Waals surface area contributed by atoms with Crippen LogP contribution >= 0.6 is 34.2 Å². The molecule has 1 aliphatic rings. The summed E-state index contributed by atoms with van der Waals surface area (Å²) in [6.07, 6.45) is 3.76. The Morgan fingerprint density at radius 2 is 2.43 bits per heavy atom. The highest BCUT2D eigenvalue weighted by Crippen LogP contribution is 2.34. The van der Waals surface area contributed by atoms with E-state index in [9.17, 15) is 0 Å². The molecule has 1 unspecified atom stereocenters. The van der Waals surface area contributed by atoms with Gasteiger partial charge in [-0.2, -0.15) is 0 Å². The highest BCUT2D eigenvalue weighted by Gasteiger charge is 2.34. The van der Waals surface area contributed by atoms with Gasteiger partial charge in [0.05, 0.1) is 3.57 Å². The van der Waals surface area contributed by atoms with Crippen LogP contribution < -0.4 is 0 Å². The fourth-order valence-corrected chi connectivity index (χ4v) is 1.95. The average molecular weight is 325 g/mol. The van der Waals surface area contributed by atoms with E-state index in [2.05, 4.69) is 32.6 Å². The molecule has 0 N–H and O–H groups in total. The van der Waals surface area contributed by atoms with Gasteiger partial charge in [-0.3, -0.25) is 0 Å². The van der Waals surface area contributed by atoms with Crippen LogP contribution in [0.5, 0.6) is 0 Å². The van der Waals surface area contributed by atoms with Crippen molar-refractivity contribution in [3.63, 3.8) is 0 Å². The van der Waals surface area contributed by atoms with Crippen molar-refractivity contribution in [2.45, 2.75) is 25.4 Å². The molecule has 1 aromatic rings. The zero-order chi connectivity index (χ0) is 10.2. The number of aromatic nitrogens is 2. The van der Waals surface area contributed by atoms with Crippen LogP contribution in [0.4, 0.5) is 0 Å². The zero-order valence-corrected chi connectivity index (χ0v) is 10.7. The van der Waals surface area contributed by atoms with E-state index in [1.807, 2.05) is 6.92 Å². The lowest BCUT2D eigenvalue weighted by atomic mass is 10.0. The van der Waals surface area contributed by atoms with E-state index in [0.717, 1.165) is 23.0 Å². The molecule has 5 heteroatoms. The number of hydrogen-bond donors (Lipinski definition) is 0.